The minimum absolute atomic E-state index is 0.205. The van der Waals surface area contributed by atoms with Gasteiger partial charge in [-0.05, 0) is 31.0 Å². The van der Waals surface area contributed by atoms with Gasteiger partial charge in [-0.25, -0.2) is 13.2 Å². The summed E-state index contributed by atoms with van der Waals surface area (Å²) in [7, 11) is 0. The zero-order valence-electron chi connectivity index (χ0n) is 10.6. The first kappa shape index (κ1) is 15.2. The standard InChI is InChI=1S/C13H14F3NO2S/c14-8-3-4-11(20-7-12(15)16)9(6-8)17-13(18)10-2-1-5-19-10/h3-4,6,10,12H,1-2,5,7H2,(H,17,18). The molecule has 1 fully saturated rings. The van der Waals surface area contributed by atoms with Crippen LogP contribution < -0.4 is 5.32 Å². The fraction of sp³-hybridized carbons (Fsp3) is 0.462. The topological polar surface area (TPSA) is 38.3 Å². The van der Waals surface area contributed by atoms with E-state index in [0.717, 1.165) is 24.2 Å². The maximum absolute atomic E-state index is 13.2. The van der Waals surface area contributed by atoms with Gasteiger partial charge in [0.15, 0.2) is 0 Å². The number of thioether (sulfide) groups is 1. The molecule has 1 atom stereocenters. The third kappa shape index (κ3) is 4.14. The molecule has 1 heterocycles. The number of carbonyl (C=O) groups excluding carboxylic acids is 1. The Balaban J connectivity index is 2.07. The highest BCUT2D eigenvalue weighted by molar-refractivity contribution is 7.99. The number of hydrogen-bond acceptors (Lipinski definition) is 3. The Hall–Kier alpha value is -1.21. The average molecular weight is 305 g/mol. The van der Waals surface area contributed by atoms with E-state index in [1.165, 1.54) is 12.1 Å². The third-order valence-corrected chi connectivity index (χ3v) is 3.87. The molecule has 1 unspecified atom stereocenters. The fourth-order valence-corrected chi connectivity index (χ4v) is 2.61. The molecule has 20 heavy (non-hydrogen) atoms. The molecular weight excluding hydrogens is 291 g/mol. The fourth-order valence-electron chi connectivity index (χ4n) is 1.88. The molecule has 3 nitrogen and oxygen atoms in total. The molecule has 1 aromatic rings. The van der Waals surface area contributed by atoms with E-state index in [1.54, 1.807) is 0 Å². The smallest absolute Gasteiger partial charge is 0.253 e. The van der Waals surface area contributed by atoms with E-state index in [-0.39, 0.29) is 11.6 Å². The molecular formula is C13H14F3NO2S. The van der Waals surface area contributed by atoms with Gasteiger partial charge in [0.05, 0.1) is 11.4 Å². The Bertz CT molecular complexity index is 479. The van der Waals surface area contributed by atoms with Gasteiger partial charge in [-0.1, -0.05) is 0 Å². The quantitative estimate of drug-likeness (QED) is 0.848. The number of anilines is 1. The molecule has 0 saturated carbocycles. The minimum atomic E-state index is -2.47. The van der Waals surface area contributed by atoms with Crippen molar-refractivity contribution in [1.82, 2.24) is 0 Å². The monoisotopic (exact) mass is 305 g/mol. The van der Waals surface area contributed by atoms with Gasteiger partial charge in [0, 0.05) is 11.5 Å². The van der Waals surface area contributed by atoms with Gasteiger partial charge in [0.2, 0.25) is 6.43 Å². The summed E-state index contributed by atoms with van der Waals surface area (Å²) in [6.07, 6.45) is -1.60. The second-order valence-corrected chi connectivity index (χ2v) is 5.40. The summed E-state index contributed by atoms with van der Waals surface area (Å²) in [6, 6.07) is 3.68. The molecule has 0 aromatic heterocycles. The van der Waals surface area contributed by atoms with Crippen molar-refractivity contribution in [3.05, 3.63) is 24.0 Å². The molecule has 1 aliphatic rings. The molecule has 0 bridgehead atoms. The first-order chi connectivity index (χ1) is 9.56. The van der Waals surface area contributed by atoms with E-state index in [0.29, 0.717) is 17.9 Å². The molecule has 0 spiro atoms. The first-order valence-corrected chi connectivity index (χ1v) is 7.18. The van der Waals surface area contributed by atoms with Crippen LogP contribution in [0.15, 0.2) is 23.1 Å². The highest BCUT2D eigenvalue weighted by Gasteiger charge is 2.24. The van der Waals surface area contributed by atoms with Gasteiger partial charge in [-0.3, -0.25) is 4.79 Å². The van der Waals surface area contributed by atoms with Gasteiger partial charge in [-0.2, -0.15) is 0 Å². The van der Waals surface area contributed by atoms with Crippen LogP contribution in [0.25, 0.3) is 0 Å². The average Bonchev–Trinajstić information content (AvgIpc) is 2.91. The van der Waals surface area contributed by atoms with Crippen molar-refractivity contribution < 1.29 is 22.7 Å². The van der Waals surface area contributed by atoms with E-state index in [1.807, 2.05) is 0 Å². The molecule has 1 aliphatic heterocycles. The number of alkyl halides is 2. The van der Waals surface area contributed by atoms with Crippen LogP contribution in [0, 0.1) is 5.82 Å². The lowest BCUT2D eigenvalue weighted by Gasteiger charge is -2.13. The number of amides is 1. The largest absolute Gasteiger partial charge is 0.368 e. The molecule has 1 aromatic carbocycles. The number of halogens is 3. The lowest BCUT2D eigenvalue weighted by Crippen LogP contribution is -2.27. The SMILES string of the molecule is O=C(Nc1cc(F)ccc1SCC(F)F)C1CCCO1. The van der Waals surface area contributed by atoms with Crippen LogP contribution in [0.3, 0.4) is 0 Å². The van der Waals surface area contributed by atoms with E-state index in [4.69, 9.17) is 4.74 Å². The van der Waals surface area contributed by atoms with Gasteiger partial charge in [0.1, 0.15) is 11.9 Å². The second-order valence-electron chi connectivity index (χ2n) is 4.33. The number of nitrogens with one attached hydrogen (secondary N) is 1. The lowest BCUT2D eigenvalue weighted by molar-refractivity contribution is -0.124. The predicted molar refractivity (Wildman–Crippen MR) is 70.7 cm³/mol. The van der Waals surface area contributed by atoms with Crippen LogP contribution in [0.2, 0.25) is 0 Å². The van der Waals surface area contributed by atoms with Crippen LogP contribution in [-0.2, 0) is 9.53 Å². The lowest BCUT2D eigenvalue weighted by atomic mass is 10.2. The third-order valence-electron chi connectivity index (χ3n) is 2.79. The van der Waals surface area contributed by atoms with Crippen LogP contribution in [0.4, 0.5) is 18.9 Å². The van der Waals surface area contributed by atoms with Crippen molar-refractivity contribution in [2.24, 2.45) is 0 Å². The Kier molecular flexibility index (Phi) is 5.31. The van der Waals surface area contributed by atoms with E-state index >= 15 is 0 Å². The first-order valence-electron chi connectivity index (χ1n) is 6.19. The van der Waals surface area contributed by atoms with Crippen molar-refractivity contribution in [2.45, 2.75) is 30.3 Å². The summed E-state index contributed by atoms with van der Waals surface area (Å²) >= 11 is 0.876. The minimum Gasteiger partial charge on any atom is -0.368 e. The maximum Gasteiger partial charge on any atom is 0.253 e. The van der Waals surface area contributed by atoms with Gasteiger partial charge < -0.3 is 10.1 Å². The van der Waals surface area contributed by atoms with E-state index in [2.05, 4.69) is 5.32 Å². The molecule has 0 radical (unpaired) electrons. The number of carbonyl (C=O) groups is 1. The Morgan fingerprint density at radius 2 is 2.30 bits per heavy atom. The number of hydrogen-bond donors (Lipinski definition) is 1. The van der Waals surface area contributed by atoms with Crippen molar-refractivity contribution >= 4 is 23.4 Å². The van der Waals surface area contributed by atoms with Crippen molar-refractivity contribution in [3.63, 3.8) is 0 Å². The molecule has 1 N–H and O–H groups in total. The Morgan fingerprint density at radius 1 is 1.50 bits per heavy atom. The maximum atomic E-state index is 13.2. The summed E-state index contributed by atoms with van der Waals surface area (Å²) in [4.78, 5) is 12.3. The van der Waals surface area contributed by atoms with Crippen LogP contribution in [0.1, 0.15) is 12.8 Å². The van der Waals surface area contributed by atoms with Crippen LogP contribution in [0.5, 0.6) is 0 Å². The molecule has 1 amide bonds. The zero-order chi connectivity index (χ0) is 14.5. The summed E-state index contributed by atoms with van der Waals surface area (Å²) in [5, 5.41) is 2.55. The normalized spacial score (nSPS) is 18.5. The summed E-state index contributed by atoms with van der Waals surface area (Å²) in [5.41, 5.74) is 0.205. The summed E-state index contributed by atoms with van der Waals surface area (Å²) < 4.78 is 42.9. The van der Waals surface area contributed by atoms with E-state index in [9.17, 15) is 18.0 Å². The van der Waals surface area contributed by atoms with Gasteiger partial charge >= 0.3 is 0 Å². The highest BCUT2D eigenvalue weighted by atomic mass is 32.2. The molecule has 7 heteroatoms. The molecule has 110 valence electrons. The summed E-state index contributed by atoms with van der Waals surface area (Å²) in [5.74, 6) is -1.31. The second kappa shape index (κ2) is 6.99. The van der Waals surface area contributed by atoms with Gasteiger partial charge in [-0.15, -0.1) is 11.8 Å². The zero-order valence-corrected chi connectivity index (χ0v) is 11.4. The molecule has 1 saturated heterocycles. The Labute approximate surface area is 118 Å². The number of ether oxygens (including phenoxy) is 1. The Morgan fingerprint density at radius 3 is 2.95 bits per heavy atom. The highest BCUT2D eigenvalue weighted by Crippen LogP contribution is 2.29. The van der Waals surface area contributed by atoms with Crippen molar-refractivity contribution in [1.29, 1.82) is 0 Å². The number of benzene rings is 1. The predicted octanol–water partition coefficient (Wildman–Crippen LogP) is 3.30. The van der Waals surface area contributed by atoms with Crippen molar-refractivity contribution in [2.75, 3.05) is 17.7 Å². The number of rotatable bonds is 5. The molecule has 2 rings (SSSR count). The molecule has 0 aliphatic carbocycles. The van der Waals surface area contributed by atoms with E-state index < -0.39 is 24.1 Å². The van der Waals surface area contributed by atoms with Gasteiger partial charge in [0.25, 0.3) is 5.91 Å². The summed E-state index contributed by atoms with van der Waals surface area (Å²) in [6.45, 7) is 0.522. The van der Waals surface area contributed by atoms with Crippen molar-refractivity contribution in [3.8, 4) is 0 Å². The van der Waals surface area contributed by atoms with Crippen LogP contribution >= 0.6 is 11.8 Å². The van der Waals surface area contributed by atoms with Crippen LogP contribution in [-0.4, -0.2) is 30.8 Å².